The normalized spacial score (nSPS) is 12.5. The minimum atomic E-state index is 0.182. The second kappa shape index (κ2) is 4.80. The Morgan fingerprint density at radius 1 is 1.38 bits per heavy atom. The smallest absolute Gasteiger partial charge is 0.123 e. The number of rotatable bonds is 4. The van der Waals surface area contributed by atoms with Gasteiger partial charge >= 0.3 is 0 Å². The van der Waals surface area contributed by atoms with Gasteiger partial charge in [0.2, 0.25) is 0 Å². The number of hydrogen-bond acceptors (Lipinski definition) is 1. The molecule has 0 aromatic heterocycles. The zero-order valence-corrected chi connectivity index (χ0v) is 8.29. The molecule has 0 spiro atoms. The van der Waals surface area contributed by atoms with E-state index >= 15 is 0 Å². The van der Waals surface area contributed by atoms with Gasteiger partial charge in [0.25, 0.3) is 0 Å². The molecule has 0 bridgehead atoms. The molecule has 1 aromatic rings. The first kappa shape index (κ1) is 9.97. The largest absolute Gasteiger partial charge is 0.303 e. The molecule has 1 nitrogen and oxygen atoms in total. The van der Waals surface area contributed by atoms with Gasteiger partial charge in [0, 0.05) is 5.92 Å². The molecule has 0 aliphatic carbocycles. The first-order chi connectivity index (χ1) is 6.27. The van der Waals surface area contributed by atoms with E-state index in [1.54, 1.807) is 0 Å². The highest BCUT2D eigenvalue weighted by atomic mass is 16.1. The van der Waals surface area contributed by atoms with Crippen LogP contribution in [0.2, 0.25) is 0 Å². The number of aldehydes is 1. The molecule has 0 saturated heterocycles. The van der Waals surface area contributed by atoms with Gasteiger partial charge in [-0.3, -0.25) is 0 Å². The van der Waals surface area contributed by atoms with Gasteiger partial charge in [-0.1, -0.05) is 31.2 Å². The summed E-state index contributed by atoms with van der Waals surface area (Å²) in [5, 5.41) is 0. The summed E-state index contributed by atoms with van der Waals surface area (Å²) >= 11 is 0. The number of aryl methyl sites for hydroxylation is 1. The monoisotopic (exact) mass is 176 g/mol. The van der Waals surface area contributed by atoms with E-state index in [0.717, 1.165) is 19.1 Å². The van der Waals surface area contributed by atoms with Crippen molar-refractivity contribution in [1.29, 1.82) is 0 Å². The molecule has 0 aliphatic rings. The Morgan fingerprint density at radius 2 is 2.08 bits per heavy atom. The van der Waals surface area contributed by atoms with Crippen molar-refractivity contribution in [2.24, 2.45) is 5.92 Å². The first-order valence-corrected chi connectivity index (χ1v) is 4.77. The predicted molar refractivity (Wildman–Crippen MR) is 54.7 cm³/mol. The summed E-state index contributed by atoms with van der Waals surface area (Å²) in [6.07, 6.45) is 2.87. The molecule has 0 fully saturated rings. The van der Waals surface area contributed by atoms with Crippen molar-refractivity contribution in [3.63, 3.8) is 0 Å². The van der Waals surface area contributed by atoms with Gasteiger partial charge in [-0.2, -0.15) is 0 Å². The maximum absolute atomic E-state index is 10.7. The van der Waals surface area contributed by atoms with Crippen LogP contribution in [-0.2, 0) is 11.2 Å². The zero-order valence-electron chi connectivity index (χ0n) is 8.29. The van der Waals surface area contributed by atoms with E-state index in [0.29, 0.717) is 0 Å². The molecular formula is C12H16O. The molecule has 70 valence electrons. The molecular weight excluding hydrogens is 160 g/mol. The SMILES string of the molecule is CCC(C=O)Cc1ccccc1C. The summed E-state index contributed by atoms with van der Waals surface area (Å²) in [6, 6.07) is 8.24. The first-order valence-electron chi connectivity index (χ1n) is 4.77. The summed E-state index contributed by atoms with van der Waals surface area (Å²) in [6.45, 7) is 4.14. The van der Waals surface area contributed by atoms with E-state index < -0.39 is 0 Å². The van der Waals surface area contributed by atoms with Crippen molar-refractivity contribution in [3.05, 3.63) is 35.4 Å². The van der Waals surface area contributed by atoms with Gasteiger partial charge in [0.1, 0.15) is 6.29 Å². The van der Waals surface area contributed by atoms with E-state index in [9.17, 15) is 4.79 Å². The summed E-state index contributed by atoms with van der Waals surface area (Å²) in [5.41, 5.74) is 2.57. The fourth-order valence-electron chi connectivity index (χ4n) is 1.41. The standard InChI is InChI=1S/C12H16O/c1-3-11(9-13)8-12-7-5-4-6-10(12)2/h4-7,9,11H,3,8H2,1-2H3. The summed E-state index contributed by atoms with van der Waals surface area (Å²) < 4.78 is 0. The van der Waals surface area contributed by atoms with Crippen molar-refractivity contribution in [2.75, 3.05) is 0 Å². The van der Waals surface area contributed by atoms with E-state index in [4.69, 9.17) is 0 Å². The van der Waals surface area contributed by atoms with Gasteiger partial charge in [0.15, 0.2) is 0 Å². The average molecular weight is 176 g/mol. The van der Waals surface area contributed by atoms with Crippen molar-refractivity contribution >= 4 is 6.29 Å². The molecule has 0 aliphatic heterocycles. The van der Waals surface area contributed by atoms with Gasteiger partial charge in [-0.15, -0.1) is 0 Å². The van der Waals surface area contributed by atoms with Gasteiger partial charge < -0.3 is 4.79 Å². The Labute approximate surface area is 79.8 Å². The molecule has 0 radical (unpaired) electrons. The number of hydrogen-bond donors (Lipinski definition) is 0. The quantitative estimate of drug-likeness (QED) is 0.645. The lowest BCUT2D eigenvalue weighted by molar-refractivity contribution is -0.111. The summed E-state index contributed by atoms with van der Waals surface area (Å²) in [7, 11) is 0. The van der Waals surface area contributed by atoms with Crippen LogP contribution in [0.1, 0.15) is 24.5 Å². The Kier molecular flexibility index (Phi) is 3.69. The third-order valence-corrected chi connectivity index (χ3v) is 2.46. The van der Waals surface area contributed by atoms with Crippen molar-refractivity contribution in [1.82, 2.24) is 0 Å². The zero-order chi connectivity index (χ0) is 9.68. The lowest BCUT2D eigenvalue weighted by Crippen LogP contribution is -2.05. The molecule has 13 heavy (non-hydrogen) atoms. The third-order valence-electron chi connectivity index (χ3n) is 2.46. The number of carbonyl (C=O) groups excluding carboxylic acids is 1. The van der Waals surface area contributed by atoms with Crippen LogP contribution in [0.5, 0.6) is 0 Å². The van der Waals surface area contributed by atoms with Crippen LogP contribution in [-0.4, -0.2) is 6.29 Å². The minimum absolute atomic E-state index is 0.182. The number of carbonyl (C=O) groups is 1. The summed E-state index contributed by atoms with van der Waals surface area (Å²) in [4.78, 5) is 10.7. The Morgan fingerprint density at radius 3 is 2.62 bits per heavy atom. The molecule has 0 N–H and O–H groups in total. The van der Waals surface area contributed by atoms with Crippen LogP contribution in [0.15, 0.2) is 24.3 Å². The van der Waals surface area contributed by atoms with Crippen molar-refractivity contribution in [3.8, 4) is 0 Å². The molecule has 0 saturated carbocycles. The Hall–Kier alpha value is -1.11. The van der Waals surface area contributed by atoms with Crippen molar-refractivity contribution < 1.29 is 4.79 Å². The van der Waals surface area contributed by atoms with Crippen LogP contribution in [0.3, 0.4) is 0 Å². The molecule has 1 atom stereocenters. The highest BCUT2D eigenvalue weighted by molar-refractivity contribution is 5.54. The summed E-state index contributed by atoms with van der Waals surface area (Å²) in [5.74, 6) is 0.182. The highest BCUT2D eigenvalue weighted by Crippen LogP contribution is 2.13. The van der Waals surface area contributed by atoms with Gasteiger partial charge in [-0.25, -0.2) is 0 Å². The lowest BCUT2D eigenvalue weighted by Gasteiger charge is -2.09. The molecule has 1 rings (SSSR count). The Balaban J connectivity index is 2.73. The van der Waals surface area contributed by atoms with Crippen LogP contribution < -0.4 is 0 Å². The Bertz CT molecular complexity index is 278. The number of benzene rings is 1. The van der Waals surface area contributed by atoms with E-state index in [2.05, 4.69) is 26.0 Å². The van der Waals surface area contributed by atoms with Crippen LogP contribution in [0.25, 0.3) is 0 Å². The molecule has 0 heterocycles. The fraction of sp³-hybridized carbons (Fsp3) is 0.417. The van der Waals surface area contributed by atoms with Gasteiger partial charge in [0.05, 0.1) is 0 Å². The van der Waals surface area contributed by atoms with E-state index in [-0.39, 0.29) is 5.92 Å². The van der Waals surface area contributed by atoms with Crippen molar-refractivity contribution in [2.45, 2.75) is 26.7 Å². The molecule has 1 aromatic carbocycles. The highest BCUT2D eigenvalue weighted by Gasteiger charge is 2.06. The second-order valence-electron chi connectivity index (χ2n) is 3.44. The minimum Gasteiger partial charge on any atom is -0.303 e. The molecule has 1 heteroatoms. The predicted octanol–water partition coefficient (Wildman–Crippen LogP) is 2.76. The second-order valence-corrected chi connectivity index (χ2v) is 3.44. The van der Waals surface area contributed by atoms with E-state index in [1.807, 2.05) is 12.1 Å². The van der Waals surface area contributed by atoms with E-state index in [1.165, 1.54) is 11.1 Å². The van der Waals surface area contributed by atoms with Crippen LogP contribution in [0.4, 0.5) is 0 Å². The van der Waals surface area contributed by atoms with Crippen LogP contribution >= 0.6 is 0 Å². The van der Waals surface area contributed by atoms with Crippen LogP contribution in [0, 0.1) is 12.8 Å². The maximum Gasteiger partial charge on any atom is 0.123 e. The topological polar surface area (TPSA) is 17.1 Å². The fourth-order valence-corrected chi connectivity index (χ4v) is 1.41. The molecule has 0 amide bonds. The van der Waals surface area contributed by atoms with Gasteiger partial charge in [-0.05, 0) is 30.9 Å². The molecule has 1 unspecified atom stereocenters. The maximum atomic E-state index is 10.7. The lowest BCUT2D eigenvalue weighted by atomic mass is 9.95. The average Bonchev–Trinajstić information content (AvgIpc) is 2.17. The third kappa shape index (κ3) is 2.69.